The molecular formula is C36H76IP. The number of hydrogen-bond acceptors (Lipinski definition) is 0. The first-order chi connectivity index (χ1) is 18.2. The molecule has 0 heterocycles. The molecule has 0 radical (unpaired) electrons. The Morgan fingerprint density at radius 3 is 0.632 bits per heavy atom. The Balaban J connectivity index is 0. The molecule has 0 N–H and O–H groups in total. The highest BCUT2D eigenvalue weighted by Gasteiger charge is 2.31. The minimum absolute atomic E-state index is 0. The van der Waals surface area contributed by atoms with Crippen LogP contribution in [0.2, 0.25) is 0 Å². The van der Waals surface area contributed by atoms with Gasteiger partial charge in [-0.1, -0.05) is 168 Å². The summed E-state index contributed by atoms with van der Waals surface area (Å²) in [6, 6.07) is 0. The molecule has 0 atom stereocenters. The molecule has 0 bridgehead atoms. The smallest absolute Gasteiger partial charge is 0.0594 e. The molecule has 0 nitrogen and oxygen atoms in total. The fourth-order valence-corrected chi connectivity index (χ4v) is 9.98. The Kier molecular flexibility index (Phi) is 37.3. The Labute approximate surface area is 262 Å². The second kappa shape index (κ2) is 34.4. The van der Waals surface area contributed by atoms with Crippen LogP contribution < -0.4 is 24.0 Å². The van der Waals surface area contributed by atoms with Crippen molar-refractivity contribution >= 4 is 7.26 Å². The number of unbranched alkanes of at least 4 members (excludes halogenated alkanes) is 26. The van der Waals surface area contributed by atoms with Crippen molar-refractivity contribution in [3.8, 4) is 0 Å². The van der Waals surface area contributed by atoms with Crippen molar-refractivity contribution in [1.29, 1.82) is 0 Å². The molecule has 0 aromatic heterocycles. The highest BCUT2D eigenvalue weighted by molar-refractivity contribution is 7.75. The zero-order valence-electron chi connectivity index (χ0n) is 27.5. The summed E-state index contributed by atoms with van der Waals surface area (Å²) in [5.74, 6) is 0. The van der Waals surface area contributed by atoms with Gasteiger partial charge in [-0.15, -0.1) is 0 Å². The van der Waals surface area contributed by atoms with Gasteiger partial charge < -0.3 is 24.0 Å². The maximum Gasteiger partial charge on any atom is 0.0594 e. The topological polar surface area (TPSA) is 0 Å². The maximum atomic E-state index is 2.52. The van der Waals surface area contributed by atoms with E-state index in [1.807, 2.05) is 0 Å². The van der Waals surface area contributed by atoms with Gasteiger partial charge >= 0.3 is 0 Å². The Bertz CT molecular complexity index is 372. The van der Waals surface area contributed by atoms with Crippen LogP contribution in [0.25, 0.3) is 0 Å². The minimum Gasteiger partial charge on any atom is -1.00 e. The predicted molar refractivity (Wildman–Crippen MR) is 178 cm³/mol. The van der Waals surface area contributed by atoms with Crippen LogP contribution in [-0.2, 0) is 0 Å². The first kappa shape index (κ1) is 41.3. The lowest BCUT2D eigenvalue weighted by Crippen LogP contribution is -3.00. The molecule has 0 rings (SSSR count). The Morgan fingerprint density at radius 2 is 0.447 bits per heavy atom. The van der Waals surface area contributed by atoms with Crippen LogP contribution in [0.1, 0.15) is 207 Å². The quantitative estimate of drug-likeness (QED) is 0.0381. The van der Waals surface area contributed by atoms with Gasteiger partial charge in [0, 0.05) is 7.26 Å². The van der Waals surface area contributed by atoms with E-state index in [1.165, 1.54) is 192 Å². The van der Waals surface area contributed by atoms with E-state index in [2.05, 4.69) is 27.7 Å². The van der Waals surface area contributed by atoms with E-state index in [4.69, 9.17) is 0 Å². The van der Waals surface area contributed by atoms with Crippen molar-refractivity contribution in [3.05, 3.63) is 0 Å². The molecule has 0 spiro atoms. The monoisotopic (exact) mass is 666 g/mol. The molecule has 0 aliphatic rings. The van der Waals surface area contributed by atoms with Gasteiger partial charge in [0.05, 0.1) is 24.6 Å². The standard InChI is InChI=1S/C36H76P.HI/c1-5-9-11-13-15-17-19-21-23-25-27-29-31-33-35-37(7-3,8-4)36-34-32-30-28-26-24-22-20-18-16-14-12-10-6-2;/h5-36H2,1-4H3;1H/q+1;/p-1. The minimum atomic E-state index is -0.627. The molecule has 0 amide bonds. The zero-order valence-corrected chi connectivity index (χ0v) is 30.5. The first-order valence-corrected chi connectivity index (χ1v) is 20.6. The third-order valence-electron chi connectivity index (χ3n) is 9.31. The molecule has 38 heavy (non-hydrogen) atoms. The normalized spacial score (nSPS) is 11.7. The van der Waals surface area contributed by atoms with E-state index in [-0.39, 0.29) is 24.0 Å². The van der Waals surface area contributed by atoms with Gasteiger partial charge in [0.2, 0.25) is 0 Å². The van der Waals surface area contributed by atoms with Gasteiger partial charge in [0.15, 0.2) is 0 Å². The summed E-state index contributed by atoms with van der Waals surface area (Å²) >= 11 is 0. The van der Waals surface area contributed by atoms with Crippen LogP contribution in [0.4, 0.5) is 0 Å². The van der Waals surface area contributed by atoms with Gasteiger partial charge in [0.1, 0.15) is 0 Å². The number of halogens is 1. The first-order valence-electron chi connectivity index (χ1n) is 18.1. The van der Waals surface area contributed by atoms with Gasteiger partial charge in [-0.2, -0.15) is 0 Å². The highest BCUT2D eigenvalue weighted by atomic mass is 127. The maximum absolute atomic E-state index is 2.52. The average Bonchev–Trinajstić information content (AvgIpc) is 2.92. The molecule has 0 aliphatic carbocycles. The fourth-order valence-electron chi connectivity index (χ4n) is 6.25. The van der Waals surface area contributed by atoms with Crippen molar-refractivity contribution in [2.24, 2.45) is 0 Å². The largest absolute Gasteiger partial charge is 1.00 e. The molecule has 0 aliphatic heterocycles. The second-order valence-corrected chi connectivity index (χ2v) is 17.5. The van der Waals surface area contributed by atoms with Crippen LogP contribution in [-0.4, -0.2) is 24.6 Å². The van der Waals surface area contributed by atoms with Crippen molar-refractivity contribution in [2.75, 3.05) is 24.6 Å². The summed E-state index contributed by atoms with van der Waals surface area (Å²) in [6.07, 6.45) is 47.8. The molecule has 0 saturated carbocycles. The van der Waals surface area contributed by atoms with Crippen molar-refractivity contribution in [1.82, 2.24) is 0 Å². The molecular weight excluding hydrogens is 590 g/mol. The van der Waals surface area contributed by atoms with Gasteiger partial charge in [0.25, 0.3) is 0 Å². The van der Waals surface area contributed by atoms with Gasteiger partial charge in [-0.3, -0.25) is 0 Å². The van der Waals surface area contributed by atoms with Crippen molar-refractivity contribution in [2.45, 2.75) is 207 Å². The Morgan fingerprint density at radius 1 is 0.263 bits per heavy atom. The van der Waals surface area contributed by atoms with Gasteiger partial charge in [-0.25, -0.2) is 0 Å². The van der Waals surface area contributed by atoms with Crippen LogP contribution >= 0.6 is 7.26 Å². The van der Waals surface area contributed by atoms with E-state index >= 15 is 0 Å². The molecule has 2 heteroatoms. The van der Waals surface area contributed by atoms with Gasteiger partial charge in [-0.05, 0) is 39.5 Å². The third kappa shape index (κ3) is 28.7. The van der Waals surface area contributed by atoms with Crippen molar-refractivity contribution < 1.29 is 24.0 Å². The molecule has 0 saturated heterocycles. The van der Waals surface area contributed by atoms with Crippen molar-refractivity contribution in [3.63, 3.8) is 0 Å². The van der Waals surface area contributed by atoms with Crippen LogP contribution in [0, 0.1) is 0 Å². The van der Waals surface area contributed by atoms with E-state index in [0.29, 0.717) is 0 Å². The van der Waals surface area contributed by atoms with Crippen LogP contribution in [0.15, 0.2) is 0 Å². The van der Waals surface area contributed by atoms with E-state index < -0.39 is 7.26 Å². The summed E-state index contributed by atoms with van der Waals surface area (Å²) in [5, 5.41) is 0. The fraction of sp³-hybridized carbons (Fsp3) is 1.00. The lowest BCUT2D eigenvalue weighted by Gasteiger charge is -2.25. The summed E-state index contributed by atoms with van der Waals surface area (Å²) in [7, 11) is -0.627. The van der Waals surface area contributed by atoms with E-state index in [9.17, 15) is 0 Å². The lowest BCUT2D eigenvalue weighted by atomic mass is 10.0. The number of hydrogen-bond donors (Lipinski definition) is 0. The SMILES string of the molecule is CCCCCCCCCCCCCCCC[P+](CC)(CC)CCCCCCCCCCCCCCCC.[I-]. The van der Waals surface area contributed by atoms with Crippen LogP contribution in [0.5, 0.6) is 0 Å². The Hall–Kier alpha value is 1.16. The van der Waals surface area contributed by atoms with E-state index in [1.54, 1.807) is 12.3 Å². The number of rotatable bonds is 32. The summed E-state index contributed by atoms with van der Waals surface area (Å²) in [5.41, 5.74) is 0. The zero-order chi connectivity index (χ0) is 27.1. The average molecular weight is 667 g/mol. The molecule has 0 aromatic carbocycles. The highest BCUT2D eigenvalue weighted by Crippen LogP contribution is 2.59. The molecule has 232 valence electrons. The molecule has 0 unspecified atom stereocenters. The second-order valence-electron chi connectivity index (χ2n) is 12.6. The summed E-state index contributed by atoms with van der Waals surface area (Å²) in [6.45, 7) is 9.66. The van der Waals surface area contributed by atoms with E-state index in [0.717, 1.165) is 0 Å². The molecule has 0 fully saturated rings. The molecule has 0 aromatic rings. The predicted octanol–water partition coefficient (Wildman–Crippen LogP) is 11.0. The third-order valence-corrected chi connectivity index (χ3v) is 14.5. The summed E-state index contributed by atoms with van der Waals surface area (Å²) < 4.78 is 0. The van der Waals surface area contributed by atoms with Crippen LogP contribution in [0.3, 0.4) is 0 Å². The summed E-state index contributed by atoms with van der Waals surface area (Å²) in [4.78, 5) is 0. The lowest BCUT2D eigenvalue weighted by molar-refractivity contribution is -0.00000839.